The molecule has 0 radical (unpaired) electrons. The highest BCUT2D eigenvalue weighted by Crippen LogP contribution is 2.47. The molecule has 4 nitrogen and oxygen atoms in total. The van der Waals surface area contributed by atoms with Crippen LogP contribution in [0.15, 0.2) is 16.6 Å². The van der Waals surface area contributed by atoms with Gasteiger partial charge in [0.25, 0.3) is 0 Å². The Morgan fingerprint density at radius 2 is 2.20 bits per heavy atom. The van der Waals surface area contributed by atoms with E-state index in [9.17, 15) is 4.79 Å². The van der Waals surface area contributed by atoms with E-state index < -0.39 is 5.72 Å². The summed E-state index contributed by atoms with van der Waals surface area (Å²) in [6.07, 6.45) is 0.764. The minimum absolute atomic E-state index is 0.0162. The van der Waals surface area contributed by atoms with E-state index in [0.717, 1.165) is 27.8 Å². The third-order valence-electron chi connectivity index (χ3n) is 4.04. The first kappa shape index (κ1) is 13.7. The van der Waals surface area contributed by atoms with Crippen LogP contribution in [0.1, 0.15) is 44.4 Å². The van der Waals surface area contributed by atoms with E-state index >= 15 is 0 Å². The lowest BCUT2D eigenvalue weighted by Crippen LogP contribution is -2.66. The Morgan fingerprint density at radius 1 is 1.50 bits per heavy atom. The van der Waals surface area contributed by atoms with Crippen LogP contribution in [0.3, 0.4) is 0 Å². The van der Waals surface area contributed by atoms with Gasteiger partial charge in [0.15, 0.2) is 5.72 Å². The van der Waals surface area contributed by atoms with Crippen molar-refractivity contribution in [2.45, 2.75) is 51.9 Å². The Balaban J connectivity index is 2.13. The molecule has 108 valence electrons. The van der Waals surface area contributed by atoms with Crippen molar-refractivity contribution in [3.05, 3.63) is 27.7 Å². The number of fused-ring (bicyclic) bond motifs is 4. The molecule has 1 saturated heterocycles. The number of hydrogen-bond donors (Lipinski definition) is 1. The molecule has 3 rings (SSSR count). The number of nitrogens with one attached hydrogen (secondary N) is 1. The minimum atomic E-state index is -0.591. The summed E-state index contributed by atoms with van der Waals surface area (Å²) in [5.74, 6) is 0.847. The number of aryl methyl sites for hydroxylation is 1. The Morgan fingerprint density at radius 3 is 2.85 bits per heavy atom. The summed E-state index contributed by atoms with van der Waals surface area (Å²) in [7, 11) is 0. The summed E-state index contributed by atoms with van der Waals surface area (Å²) >= 11 is 3.58. The van der Waals surface area contributed by atoms with Crippen molar-refractivity contribution in [1.29, 1.82) is 0 Å². The third kappa shape index (κ3) is 1.91. The summed E-state index contributed by atoms with van der Waals surface area (Å²) in [4.78, 5) is 14.1. The number of carbonyl (C=O) groups is 1. The Kier molecular flexibility index (Phi) is 3.01. The van der Waals surface area contributed by atoms with Crippen LogP contribution in [0.25, 0.3) is 0 Å². The lowest BCUT2D eigenvalue weighted by atomic mass is 9.89. The van der Waals surface area contributed by atoms with Crippen LogP contribution < -0.4 is 10.1 Å². The number of benzene rings is 1. The fraction of sp³-hybridized carbons (Fsp3) is 0.533. The standard InChI is InChI=1S/C15H19BrN2O2/c1-8(2)18-14(19)17-12-7-15(18,4)20-13-10(12)5-9(3)6-11(13)16/h5-6,8,12H,7H2,1-4H3,(H,17,19). The number of rotatable bonds is 1. The van der Waals surface area contributed by atoms with E-state index in [1.807, 2.05) is 33.8 Å². The molecule has 2 aliphatic heterocycles. The van der Waals surface area contributed by atoms with Crippen LogP contribution in [-0.4, -0.2) is 22.7 Å². The van der Waals surface area contributed by atoms with E-state index in [1.54, 1.807) is 4.90 Å². The van der Waals surface area contributed by atoms with Gasteiger partial charge in [-0.3, -0.25) is 4.90 Å². The van der Waals surface area contributed by atoms with Crippen molar-refractivity contribution in [3.8, 4) is 5.75 Å². The number of urea groups is 1. The van der Waals surface area contributed by atoms with Gasteiger partial charge in [0.05, 0.1) is 10.5 Å². The first-order valence-corrected chi connectivity index (χ1v) is 7.70. The molecule has 1 aromatic rings. The van der Waals surface area contributed by atoms with Crippen LogP contribution in [0.4, 0.5) is 4.79 Å². The third-order valence-corrected chi connectivity index (χ3v) is 4.63. The number of halogens is 1. The molecule has 2 aliphatic rings. The van der Waals surface area contributed by atoms with E-state index in [-0.39, 0.29) is 18.1 Å². The second-order valence-electron chi connectivity index (χ2n) is 6.11. The van der Waals surface area contributed by atoms with Crippen LogP contribution >= 0.6 is 15.9 Å². The van der Waals surface area contributed by atoms with Crippen molar-refractivity contribution in [2.24, 2.45) is 0 Å². The molecule has 0 saturated carbocycles. The van der Waals surface area contributed by atoms with Crippen LogP contribution in [0.2, 0.25) is 0 Å². The summed E-state index contributed by atoms with van der Waals surface area (Å²) in [6.45, 7) is 8.06. The highest BCUT2D eigenvalue weighted by Gasteiger charge is 2.50. The zero-order chi connectivity index (χ0) is 14.7. The maximum Gasteiger partial charge on any atom is 0.321 e. The lowest BCUT2D eigenvalue weighted by Gasteiger charge is -2.52. The zero-order valence-corrected chi connectivity index (χ0v) is 13.7. The van der Waals surface area contributed by atoms with Gasteiger partial charge in [-0.05, 0) is 55.3 Å². The average Bonchev–Trinajstić information content (AvgIpc) is 2.29. The smallest absolute Gasteiger partial charge is 0.321 e. The van der Waals surface area contributed by atoms with Gasteiger partial charge in [0.1, 0.15) is 5.75 Å². The molecule has 2 amide bonds. The van der Waals surface area contributed by atoms with Crippen molar-refractivity contribution >= 4 is 22.0 Å². The summed E-state index contributed by atoms with van der Waals surface area (Å²) in [5, 5.41) is 3.10. The van der Waals surface area contributed by atoms with Gasteiger partial charge in [-0.1, -0.05) is 6.07 Å². The average molecular weight is 339 g/mol. The van der Waals surface area contributed by atoms with Gasteiger partial charge < -0.3 is 10.1 Å². The second kappa shape index (κ2) is 4.38. The Labute approximate surface area is 127 Å². The van der Waals surface area contributed by atoms with Gasteiger partial charge in [-0.15, -0.1) is 0 Å². The van der Waals surface area contributed by atoms with E-state index in [0.29, 0.717) is 0 Å². The summed E-state index contributed by atoms with van der Waals surface area (Å²) in [6, 6.07) is 4.19. The molecule has 20 heavy (non-hydrogen) atoms. The van der Waals surface area contributed by atoms with E-state index in [4.69, 9.17) is 4.74 Å². The first-order valence-electron chi connectivity index (χ1n) is 6.91. The number of amides is 2. The molecule has 5 heteroatoms. The fourth-order valence-corrected chi connectivity index (χ4v) is 4.03. The number of carbonyl (C=O) groups excluding carboxylic acids is 1. The second-order valence-corrected chi connectivity index (χ2v) is 6.97. The quantitative estimate of drug-likeness (QED) is 0.847. The van der Waals surface area contributed by atoms with Crippen LogP contribution in [-0.2, 0) is 0 Å². The molecule has 2 unspecified atom stereocenters. The van der Waals surface area contributed by atoms with Gasteiger partial charge in [-0.2, -0.15) is 0 Å². The van der Waals surface area contributed by atoms with Crippen molar-refractivity contribution < 1.29 is 9.53 Å². The van der Waals surface area contributed by atoms with Crippen molar-refractivity contribution in [2.75, 3.05) is 0 Å². The van der Waals surface area contributed by atoms with E-state index in [1.165, 1.54) is 0 Å². The predicted octanol–water partition coefficient (Wildman–Crippen LogP) is 3.73. The molecule has 2 heterocycles. The highest BCUT2D eigenvalue weighted by molar-refractivity contribution is 9.10. The Hall–Kier alpha value is -1.23. The normalized spacial score (nSPS) is 28.0. The monoisotopic (exact) mass is 338 g/mol. The molecular formula is C15H19BrN2O2. The number of nitrogens with zero attached hydrogens (tertiary/aromatic N) is 1. The van der Waals surface area contributed by atoms with Crippen LogP contribution in [0, 0.1) is 6.92 Å². The summed E-state index contributed by atoms with van der Waals surface area (Å²) in [5.41, 5.74) is 1.63. The Bertz CT molecular complexity index is 587. The molecule has 1 aromatic carbocycles. The molecule has 1 N–H and O–H groups in total. The van der Waals surface area contributed by atoms with Gasteiger partial charge in [0.2, 0.25) is 0 Å². The zero-order valence-electron chi connectivity index (χ0n) is 12.2. The molecule has 2 bridgehead atoms. The maximum absolute atomic E-state index is 12.4. The highest BCUT2D eigenvalue weighted by atomic mass is 79.9. The van der Waals surface area contributed by atoms with Crippen molar-refractivity contribution in [3.63, 3.8) is 0 Å². The SMILES string of the molecule is Cc1cc(Br)c2c(c1)C1CC(C)(O2)N(C(C)C)C(=O)N1. The number of hydrogen-bond acceptors (Lipinski definition) is 2. The first-order chi connectivity index (χ1) is 9.32. The molecule has 1 fully saturated rings. The molecule has 0 aliphatic carbocycles. The van der Waals surface area contributed by atoms with Crippen LogP contribution in [0.5, 0.6) is 5.75 Å². The molecule has 0 aromatic heterocycles. The van der Waals surface area contributed by atoms with Gasteiger partial charge in [0, 0.05) is 18.0 Å². The number of ether oxygens (including phenoxy) is 1. The molecule has 2 atom stereocenters. The molecular weight excluding hydrogens is 320 g/mol. The maximum atomic E-state index is 12.4. The van der Waals surface area contributed by atoms with Crippen molar-refractivity contribution in [1.82, 2.24) is 10.2 Å². The topological polar surface area (TPSA) is 41.6 Å². The fourth-order valence-electron chi connectivity index (χ4n) is 3.36. The van der Waals surface area contributed by atoms with E-state index in [2.05, 4.69) is 27.3 Å². The summed E-state index contributed by atoms with van der Waals surface area (Å²) < 4.78 is 7.19. The van der Waals surface area contributed by atoms with Gasteiger partial charge >= 0.3 is 6.03 Å². The van der Waals surface area contributed by atoms with Gasteiger partial charge in [-0.25, -0.2) is 4.79 Å². The predicted molar refractivity (Wildman–Crippen MR) is 80.8 cm³/mol. The minimum Gasteiger partial charge on any atom is -0.466 e. The molecule has 0 spiro atoms. The largest absolute Gasteiger partial charge is 0.466 e. The lowest BCUT2D eigenvalue weighted by molar-refractivity contribution is -0.0968.